The van der Waals surface area contributed by atoms with Crippen molar-refractivity contribution in [3.05, 3.63) is 29.8 Å². The van der Waals surface area contributed by atoms with Gasteiger partial charge >= 0.3 is 5.97 Å². The Bertz CT molecular complexity index is 561. The molecule has 0 atom stereocenters. The van der Waals surface area contributed by atoms with Crippen LogP contribution >= 0.6 is 11.8 Å². The van der Waals surface area contributed by atoms with Crippen molar-refractivity contribution in [1.82, 2.24) is 19.3 Å². The molecular formula is C11H14N4O2S. The van der Waals surface area contributed by atoms with Crippen molar-refractivity contribution in [3.8, 4) is 0 Å². The summed E-state index contributed by atoms with van der Waals surface area (Å²) in [6.45, 7) is 2.60. The van der Waals surface area contributed by atoms with Crippen molar-refractivity contribution >= 4 is 17.7 Å². The lowest BCUT2D eigenvalue weighted by Crippen LogP contribution is -2.09. The first kappa shape index (κ1) is 12.7. The molecule has 0 saturated carbocycles. The summed E-state index contributed by atoms with van der Waals surface area (Å²) < 4.78 is 3.79. The molecule has 2 heterocycles. The van der Waals surface area contributed by atoms with Crippen LogP contribution in [0.4, 0.5) is 0 Å². The van der Waals surface area contributed by atoms with Crippen LogP contribution in [0.1, 0.15) is 11.4 Å². The first-order chi connectivity index (χ1) is 8.58. The largest absolute Gasteiger partial charge is 0.481 e. The molecule has 2 rings (SSSR count). The Labute approximate surface area is 109 Å². The minimum absolute atomic E-state index is 0.0157. The van der Waals surface area contributed by atoms with Crippen molar-refractivity contribution < 1.29 is 9.90 Å². The van der Waals surface area contributed by atoms with Gasteiger partial charge in [0.1, 0.15) is 0 Å². The van der Waals surface area contributed by atoms with E-state index in [4.69, 9.17) is 5.11 Å². The Kier molecular flexibility index (Phi) is 3.71. The topological polar surface area (TPSA) is 72.9 Å². The fourth-order valence-electron chi connectivity index (χ4n) is 1.59. The quantitative estimate of drug-likeness (QED) is 0.822. The number of hydrogen-bond donors (Lipinski definition) is 1. The number of carboxylic acids is 1. The van der Waals surface area contributed by atoms with Crippen molar-refractivity contribution in [1.29, 1.82) is 0 Å². The number of aromatic nitrogens is 4. The molecule has 0 saturated heterocycles. The monoisotopic (exact) mass is 266 g/mol. The molecule has 2 aromatic rings. The van der Waals surface area contributed by atoms with Gasteiger partial charge in [-0.1, -0.05) is 11.8 Å². The molecule has 96 valence electrons. The SMILES string of the molecule is Cc1cnc(SCC(=O)O)n1Cc1ccnn1C. The highest BCUT2D eigenvalue weighted by molar-refractivity contribution is 7.99. The lowest BCUT2D eigenvalue weighted by atomic mass is 10.4. The van der Waals surface area contributed by atoms with E-state index in [2.05, 4.69) is 10.1 Å². The summed E-state index contributed by atoms with van der Waals surface area (Å²) in [5.74, 6) is -0.824. The number of aliphatic carboxylic acids is 1. The number of carboxylic acid groups (broad SMARTS) is 1. The number of nitrogens with zero attached hydrogens (tertiary/aromatic N) is 4. The minimum Gasteiger partial charge on any atom is -0.481 e. The van der Waals surface area contributed by atoms with E-state index >= 15 is 0 Å². The summed E-state index contributed by atoms with van der Waals surface area (Å²) >= 11 is 1.23. The number of aryl methyl sites for hydroxylation is 2. The molecule has 0 bridgehead atoms. The first-order valence-electron chi connectivity index (χ1n) is 5.41. The lowest BCUT2D eigenvalue weighted by molar-refractivity contribution is -0.133. The van der Waals surface area contributed by atoms with Gasteiger partial charge in [-0.05, 0) is 13.0 Å². The van der Waals surface area contributed by atoms with Gasteiger partial charge in [-0.3, -0.25) is 9.48 Å². The van der Waals surface area contributed by atoms with Crippen LogP contribution in [0.15, 0.2) is 23.6 Å². The Morgan fingerprint density at radius 1 is 1.56 bits per heavy atom. The molecule has 1 N–H and O–H groups in total. The molecule has 0 unspecified atom stereocenters. The van der Waals surface area contributed by atoms with Gasteiger partial charge in [0.2, 0.25) is 0 Å². The van der Waals surface area contributed by atoms with Crippen LogP contribution in [0.5, 0.6) is 0 Å². The fraction of sp³-hybridized carbons (Fsp3) is 0.364. The Hall–Kier alpha value is -1.76. The first-order valence-corrected chi connectivity index (χ1v) is 6.40. The number of hydrogen-bond acceptors (Lipinski definition) is 4. The summed E-state index contributed by atoms with van der Waals surface area (Å²) in [6, 6.07) is 1.94. The average molecular weight is 266 g/mol. The zero-order valence-electron chi connectivity index (χ0n) is 10.2. The molecule has 0 aliphatic heterocycles. The van der Waals surface area contributed by atoms with E-state index in [9.17, 15) is 4.79 Å². The highest BCUT2D eigenvalue weighted by atomic mass is 32.2. The Morgan fingerprint density at radius 3 is 2.94 bits per heavy atom. The van der Waals surface area contributed by atoms with E-state index in [0.717, 1.165) is 16.5 Å². The van der Waals surface area contributed by atoms with Crippen LogP contribution in [0.3, 0.4) is 0 Å². The highest BCUT2D eigenvalue weighted by Gasteiger charge is 2.11. The fourth-order valence-corrected chi connectivity index (χ4v) is 2.34. The number of rotatable bonds is 5. The van der Waals surface area contributed by atoms with Gasteiger partial charge in [-0.2, -0.15) is 5.10 Å². The van der Waals surface area contributed by atoms with E-state index < -0.39 is 5.97 Å². The maximum absolute atomic E-state index is 10.6. The third kappa shape index (κ3) is 2.73. The lowest BCUT2D eigenvalue weighted by Gasteiger charge is -2.09. The Balaban J connectivity index is 2.19. The van der Waals surface area contributed by atoms with Gasteiger partial charge in [0.05, 0.1) is 18.0 Å². The molecular weight excluding hydrogens is 252 g/mol. The third-order valence-corrected chi connectivity index (χ3v) is 3.56. The van der Waals surface area contributed by atoms with Gasteiger partial charge in [-0.25, -0.2) is 4.98 Å². The van der Waals surface area contributed by atoms with Crippen molar-refractivity contribution in [2.45, 2.75) is 18.6 Å². The smallest absolute Gasteiger partial charge is 0.313 e. The van der Waals surface area contributed by atoms with E-state index in [0.29, 0.717) is 6.54 Å². The average Bonchev–Trinajstić information content (AvgIpc) is 2.86. The number of carbonyl (C=O) groups is 1. The number of imidazole rings is 1. The maximum Gasteiger partial charge on any atom is 0.313 e. The molecule has 2 aromatic heterocycles. The summed E-state index contributed by atoms with van der Waals surface area (Å²) in [4.78, 5) is 14.8. The molecule has 0 amide bonds. The van der Waals surface area contributed by atoms with E-state index in [1.807, 2.05) is 24.6 Å². The highest BCUT2D eigenvalue weighted by Crippen LogP contribution is 2.19. The molecule has 0 aliphatic rings. The van der Waals surface area contributed by atoms with Gasteiger partial charge < -0.3 is 9.67 Å². The second-order valence-electron chi connectivity index (χ2n) is 3.90. The number of thioether (sulfide) groups is 1. The zero-order valence-corrected chi connectivity index (χ0v) is 11.0. The van der Waals surface area contributed by atoms with E-state index in [1.54, 1.807) is 17.1 Å². The van der Waals surface area contributed by atoms with Crippen molar-refractivity contribution in [2.24, 2.45) is 7.05 Å². The maximum atomic E-state index is 10.6. The van der Waals surface area contributed by atoms with Crippen LogP contribution < -0.4 is 0 Å². The molecule has 0 aromatic carbocycles. The molecule has 0 spiro atoms. The molecule has 0 aliphatic carbocycles. The predicted octanol–water partition coefficient (Wildman–Crippen LogP) is 1.15. The van der Waals surface area contributed by atoms with E-state index in [-0.39, 0.29) is 5.75 Å². The zero-order chi connectivity index (χ0) is 13.1. The van der Waals surface area contributed by atoms with Gasteiger partial charge in [0.25, 0.3) is 0 Å². The predicted molar refractivity (Wildman–Crippen MR) is 67.6 cm³/mol. The minimum atomic E-state index is -0.840. The Morgan fingerprint density at radius 2 is 2.33 bits per heavy atom. The van der Waals surface area contributed by atoms with Crippen molar-refractivity contribution in [2.75, 3.05) is 5.75 Å². The second-order valence-corrected chi connectivity index (χ2v) is 4.84. The molecule has 7 heteroatoms. The molecule has 6 nitrogen and oxygen atoms in total. The van der Waals surface area contributed by atoms with Crippen LogP contribution in [-0.2, 0) is 18.4 Å². The summed E-state index contributed by atoms with van der Waals surface area (Å²) in [6.07, 6.45) is 3.49. The van der Waals surface area contributed by atoms with Gasteiger partial charge in [-0.15, -0.1) is 0 Å². The molecule has 0 radical (unpaired) electrons. The van der Waals surface area contributed by atoms with Gasteiger partial charge in [0, 0.05) is 25.1 Å². The second kappa shape index (κ2) is 5.26. The third-order valence-electron chi connectivity index (χ3n) is 2.59. The van der Waals surface area contributed by atoms with E-state index in [1.165, 1.54) is 11.8 Å². The summed E-state index contributed by atoms with van der Waals surface area (Å²) in [7, 11) is 1.88. The standard InChI is InChI=1S/C11H14N4O2S/c1-8-5-12-11(18-7-10(16)17)15(8)6-9-3-4-13-14(9)2/h3-5H,6-7H2,1-2H3,(H,16,17). The molecule has 18 heavy (non-hydrogen) atoms. The van der Waals surface area contributed by atoms with Crippen LogP contribution in [0.2, 0.25) is 0 Å². The summed E-state index contributed by atoms with van der Waals surface area (Å²) in [5, 5.41) is 13.5. The van der Waals surface area contributed by atoms with Crippen LogP contribution in [-0.4, -0.2) is 36.2 Å². The van der Waals surface area contributed by atoms with Gasteiger partial charge in [0.15, 0.2) is 5.16 Å². The van der Waals surface area contributed by atoms with Crippen molar-refractivity contribution in [3.63, 3.8) is 0 Å². The van der Waals surface area contributed by atoms with Crippen LogP contribution in [0, 0.1) is 6.92 Å². The van der Waals surface area contributed by atoms with Crippen LogP contribution in [0.25, 0.3) is 0 Å². The molecule has 0 fully saturated rings. The normalized spacial score (nSPS) is 10.8. The summed E-state index contributed by atoms with van der Waals surface area (Å²) in [5.41, 5.74) is 2.05.